The molecule has 4 rings (SSSR count). The average molecular weight is 442 g/mol. The van der Waals surface area contributed by atoms with E-state index in [1.807, 2.05) is 24.3 Å². The van der Waals surface area contributed by atoms with Crippen LogP contribution in [0.5, 0.6) is 0 Å². The molecule has 3 aromatic heterocycles. The van der Waals surface area contributed by atoms with Gasteiger partial charge < -0.3 is 9.51 Å². The lowest BCUT2D eigenvalue weighted by atomic mass is 10.2. The maximum atomic E-state index is 11.9. The minimum Gasteiger partial charge on any atom is -0.338 e. The van der Waals surface area contributed by atoms with Gasteiger partial charge in [-0.3, -0.25) is 9.78 Å². The van der Waals surface area contributed by atoms with Crippen LogP contribution in [-0.2, 0) is 5.75 Å². The molecule has 0 unspecified atom stereocenters. The minimum atomic E-state index is -0.222. The fourth-order valence-electron chi connectivity index (χ4n) is 2.33. The molecule has 0 atom stereocenters. The van der Waals surface area contributed by atoms with E-state index in [1.54, 1.807) is 24.5 Å². The summed E-state index contributed by atoms with van der Waals surface area (Å²) in [6.45, 7) is 0. The number of hydrogen-bond acceptors (Lipinski definition) is 7. The van der Waals surface area contributed by atoms with Crippen molar-refractivity contribution in [3.05, 3.63) is 75.6 Å². The summed E-state index contributed by atoms with van der Waals surface area (Å²) in [7, 11) is 0. The molecular weight excluding hydrogens is 430 g/mol. The van der Waals surface area contributed by atoms with Crippen LogP contribution < -0.4 is 5.56 Å². The molecule has 0 aliphatic carbocycles. The Morgan fingerprint density at radius 2 is 1.81 bits per heavy atom. The molecular formula is C18H12BrN5O2S. The first-order valence-electron chi connectivity index (χ1n) is 7.90. The molecule has 0 aliphatic heterocycles. The van der Waals surface area contributed by atoms with Crippen molar-refractivity contribution in [2.24, 2.45) is 0 Å². The lowest BCUT2D eigenvalue weighted by Crippen LogP contribution is -2.08. The molecule has 0 amide bonds. The summed E-state index contributed by atoms with van der Waals surface area (Å²) >= 11 is 4.72. The normalized spacial score (nSPS) is 10.9. The Morgan fingerprint density at radius 3 is 2.59 bits per heavy atom. The monoisotopic (exact) mass is 441 g/mol. The molecule has 0 spiro atoms. The van der Waals surface area contributed by atoms with Crippen LogP contribution in [0.25, 0.3) is 22.6 Å². The predicted molar refractivity (Wildman–Crippen MR) is 105 cm³/mol. The van der Waals surface area contributed by atoms with Crippen molar-refractivity contribution in [2.45, 2.75) is 10.9 Å². The fraction of sp³-hybridized carbons (Fsp3) is 0.0556. The molecule has 0 fully saturated rings. The number of thioether (sulfide) groups is 1. The highest BCUT2D eigenvalue weighted by Crippen LogP contribution is 2.23. The van der Waals surface area contributed by atoms with Gasteiger partial charge in [-0.05, 0) is 36.4 Å². The number of nitrogens with one attached hydrogen (secondary N) is 1. The molecule has 1 aromatic carbocycles. The lowest BCUT2D eigenvalue weighted by Gasteiger charge is -2.02. The summed E-state index contributed by atoms with van der Waals surface area (Å²) in [4.78, 5) is 27.5. The Labute approximate surface area is 166 Å². The second-order valence-corrected chi connectivity index (χ2v) is 7.36. The zero-order chi connectivity index (χ0) is 18.6. The van der Waals surface area contributed by atoms with Gasteiger partial charge in [0.15, 0.2) is 5.16 Å². The Kier molecular flexibility index (Phi) is 5.12. The van der Waals surface area contributed by atoms with E-state index < -0.39 is 0 Å². The van der Waals surface area contributed by atoms with Crippen molar-refractivity contribution >= 4 is 27.7 Å². The summed E-state index contributed by atoms with van der Waals surface area (Å²) in [6.07, 6.45) is 3.32. The average Bonchev–Trinajstić information content (AvgIpc) is 3.16. The topological polar surface area (TPSA) is 97.6 Å². The number of pyridine rings is 1. The molecule has 0 bridgehead atoms. The van der Waals surface area contributed by atoms with Crippen molar-refractivity contribution in [1.29, 1.82) is 0 Å². The van der Waals surface area contributed by atoms with Crippen molar-refractivity contribution < 1.29 is 4.52 Å². The van der Waals surface area contributed by atoms with E-state index in [9.17, 15) is 4.79 Å². The summed E-state index contributed by atoms with van der Waals surface area (Å²) in [5.41, 5.74) is 2.06. The van der Waals surface area contributed by atoms with Crippen LogP contribution in [0.3, 0.4) is 0 Å². The third kappa shape index (κ3) is 4.32. The molecule has 0 aliphatic rings. The minimum absolute atomic E-state index is 0.222. The Morgan fingerprint density at radius 1 is 1.04 bits per heavy atom. The van der Waals surface area contributed by atoms with E-state index in [2.05, 4.69) is 41.0 Å². The number of hydrogen-bond donors (Lipinski definition) is 1. The molecule has 0 saturated heterocycles. The summed E-state index contributed by atoms with van der Waals surface area (Å²) in [5, 5.41) is 4.48. The summed E-state index contributed by atoms with van der Waals surface area (Å²) < 4.78 is 6.28. The number of benzene rings is 1. The smallest absolute Gasteiger partial charge is 0.252 e. The highest BCUT2D eigenvalue weighted by atomic mass is 79.9. The van der Waals surface area contributed by atoms with Crippen LogP contribution in [0.1, 0.15) is 5.89 Å². The van der Waals surface area contributed by atoms with E-state index >= 15 is 0 Å². The lowest BCUT2D eigenvalue weighted by molar-refractivity contribution is 0.391. The number of halogens is 1. The van der Waals surface area contributed by atoms with Gasteiger partial charge in [0, 0.05) is 34.1 Å². The maximum absolute atomic E-state index is 11.9. The predicted octanol–water partition coefficient (Wildman–Crippen LogP) is 3.94. The van der Waals surface area contributed by atoms with Crippen LogP contribution in [0.4, 0.5) is 0 Å². The van der Waals surface area contributed by atoms with E-state index in [-0.39, 0.29) is 5.56 Å². The SMILES string of the molecule is O=c1cc(-c2ccncc2)nc(SCc2nc(-c3ccc(Br)cc3)no2)[nH]1. The first kappa shape index (κ1) is 17.6. The van der Waals surface area contributed by atoms with Gasteiger partial charge in [-0.15, -0.1) is 0 Å². The van der Waals surface area contributed by atoms with E-state index in [4.69, 9.17) is 4.52 Å². The molecule has 27 heavy (non-hydrogen) atoms. The van der Waals surface area contributed by atoms with Crippen molar-refractivity contribution in [1.82, 2.24) is 25.1 Å². The van der Waals surface area contributed by atoms with Gasteiger partial charge in [0.2, 0.25) is 11.7 Å². The second-order valence-electron chi connectivity index (χ2n) is 5.48. The van der Waals surface area contributed by atoms with Gasteiger partial charge in [0.1, 0.15) is 0 Å². The van der Waals surface area contributed by atoms with Gasteiger partial charge in [0.05, 0.1) is 11.4 Å². The largest absolute Gasteiger partial charge is 0.338 e. The molecule has 3 heterocycles. The van der Waals surface area contributed by atoms with Crippen LogP contribution in [-0.4, -0.2) is 25.1 Å². The van der Waals surface area contributed by atoms with E-state index in [0.29, 0.717) is 28.3 Å². The van der Waals surface area contributed by atoms with Crippen molar-refractivity contribution in [3.8, 4) is 22.6 Å². The Bertz CT molecular complexity index is 1110. The standard InChI is InChI=1S/C18H12BrN5O2S/c19-13-3-1-12(2-4-13)17-23-16(26-24-17)10-27-18-21-14(9-15(25)22-18)11-5-7-20-8-6-11/h1-9H,10H2,(H,21,22,25). The quantitative estimate of drug-likeness (QED) is 0.369. The number of aromatic amines is 1. The maximum Gasteiger partial charge on any atom is 0.252 e. The van der Waals surface area contributed by atoms with Crippen LogP contribution in [0, 0.1) is 0 Å². The first-order valence-corrected chi connectivity index (χ1v) is 9.68. The van der Waals surface area contributed by atoms with Crippen molar-refractivity contribution in [2.75, 3.05) is 0 Å². The first-order chi connectivity index (χ1) is 13.2. The van der Waals surface area contributed by atoms with Gasteiger partial charge in [-0.1, -0.05) is 32.8 Å². The van der Waals surface area contributed by atoms with Crippen molar-refractivity contribution in [3.63, 3.8) is 0 Å². The highest BCUT2D eigenvalue weighted by Gasteiger charge is 2.11. The fourth-order valence-corrected chi connectivity index (χ4v) is 3.31. The van der Waals surface area contributed by atoms with E-state index in [0.717, 1.165) is 15.6 Å². The van der Waals surface area contributed by atoms with Gasteiger partial charge >= 0.3 is 0 Å². The molecule has 4 aromatic rings. The van der Waals surface area contributed by atoms with Gasteiger partial charge in [-0.2, -0.15) is 4.98 Å². The third-order valence-corrected chi connectivity index (χ3v) is 4.99. The molecule has 0 saturated carbocycles. The highest BCUT2D eigenvalue weighted by molar-refractivity contribution is 9.10. The molecule has 0 radical (unpaired) electrons. The summed E-state index contributed by atoms with van der Waals surface area (Å²) in [6, 6.07) is 12.7. The third-order valence-electron chi connectivity index (χ3n) is 3.60. The molecule has 1 N–H and O–H groups in total. The molecule has 134 valence electrons. The molecule has 9 heteroatoms. The zero-order valence-electron chi connectivity index (χ0n) is 13.8. The zero-order valence-corrected chi connectivity index (χ0v) is 16.2. The van der Waals surface area contributed by atoms with E-state index in [1.165, 1.54) is 17.8 Å². The number of aromatic nitrogens is 5. The molecule has 7 nitrogen and oxygen atoms in total. The number of nitrogens with zero attached hydrogens (tertiary/aromatic N) is 4. The van der Waals surface area contributed by atoms with Crippen LogP contribution in [0.2, 0.25) is 0 Å². The Hall–Kier alpha value is -2.78. The second kappa shape index (κ2) is 7.85. The number of H-pyrrole nitrogens is 1. The van der Waals surface area contributed by atoms with Gasteiger partial charge in [-0.25, -0.2) is 4.98 Å². The number of rotatable bonds is 5. The van der Waals surface area contributed by atoms with Crippen LogP contribution >= 0.6 is 27.7 Å². The summed E-state index contributed by atoms with van der Waals surface area (Å²) in [5.74, 6) is 1.37. The van der Waals surface area contributed by atoms with Gasteiger partial charge in [0.25, 0.3) is 5.56 Å². The Balaban J connectivity index is 1.50. The van der Waals surface area contributed by atoms with Crippen LogP contribution in [0.15, 0.2) is 73.8 Å².